The van der Waals surface area contributed by atoms with Crippen molar-refractivity contribution in [1.82, 2.24) is 9.80 Å². The van der Waals surface area contributed by atoms with Crippen molar-refractivity contribution in [2.45, 2.75) is 39.0 Å². The van der Waals surface area contributed by atoms with Gasteiger partial charge >= 0.3 is 18.0 Å². The van der Waals surface area contributed by atoms with Gasteiger partial charge < -0.3 is 38.8 Å². The van der Waals surface area contributed by atoms with Gasteiger partial charge in [0, 0.05) is 55.1 Å². The smallest absolute Gasteiger partial charge is 0.411 e. The van der Waals surface area contributed by atoms with Gasteiger partial charge in [0.25, 0.3) is 5.91 Å². The molecule has 3 aromatic carbocycles. The Kier molecular flexibility index (Phi) is 10.9. The Balaban J connectivity index is 1.22. The Morgan fingerprint density at radius 3 is 2.28 bits per heavy atom. The molecule has 1 atom stereocenters. The van der Waals surface area contributed by atoms with Gasteiger partial charge in [-0.25, -0.2) is 18.8 Å². The number of methoxy groups -OCH3 is 1. The number of piperazine rings is 1. The monoisotopic (exact) mass is 772 g/mol. The normalized spacial score (nSPS) is 17.5. The molecular formula is C37H39Cl2FN4O9. The Bertz CT molecular complexity index is 1930. The van der Waals surface area contributed by atoms with Gasteiger partial charge in [0.1, 0.15) is 23.2 Å². The molecule has 2 fully saturated rings. The summed E-state index contributed by atoms with van der Waals surface area (Å²) in [5.41, 5.74) is 1.60. The first-order chi connectivity index (χ1) is 25.2. The number of halogens is 3. The third kappa shape index (κ3) is 7.94. The summed E-state index contributed by atoms with van der Waals surface area (Å²) in [5, 5.41) is 10.0. The minimum absolute atomic E-state index is 0.0297. The number of para-hydroxylation sites is 1. The van der Waals surface area contributed by atoms with Crippen molar-refractivity contribution in [2.24, 2.45) is 0 Å². The molecule has 3 aliphatic heterocycles. The van der Waals surface area contributed by atoms with Gasteiger partial charge in [0.2, 0.25) is 0 Å². The Labute approximate surface area is 315 Å². The number of rotatable bonds is 6. The molecule has 3 aliphatic rings. The van der Waals surface area contributed by atoms with Gasteiger partial charge in [-0.3, -0.25) is 9.69 Å². The number of hydrogen-bond acceptors (Lipinski definition) is 10. The molecule has 0 aromatic heterocycles. The maximum Gasteiger partial charge on any atom is 0.411 e. The third-order valence-corrected chi connectivity index (χ3v) is 9.74. The summed E-state index contributed by atoms with van der Waals surface area (Å²) in [6.45, 7) is 7.21. The first-order valence-electron chi connectivity index (χ1n) is 16.9. The van der Waals surface area contributed by atoms with E-state index in [-0.39, 0.29) is 59.6 Å². The number of anilines is 2. The van der Waals surface area contributed by atoms with Gasteiger partial charge in [-0.1, -0.05) is 41.4 Å². The molecule has 282 valence electrons. The summed E-state index contributed by atoms with van der Waals surface area (Å²) in [5.74, 6) is -2.62. The molecular weight excluding hydrogens is 734 g/mol. The van der Waals surface area contributed by atoms with E-state index in [9.17, 15) is 24.3 Å². The van der Waals surface area contributed by atoms with Crippen molar-refractivity contribution < 1.29 is 47.6 Å². The second-order valence-corrected chi connectivity index (χ2v) is 14.6. The number of carbonyl (C=O) groups excluding carboxylic acids is 3. The number of aliphatic carboxylic acids is 1. The van der Waals surface area contributed by atoms with Crippen molar-refractivity contribution in [2.75, 3.05) is 69.6 Å². The largest absolute Gasteiger partial charge is 0.480 e. The highest BCUT2D eigenvalue weighted by Gasteiger charge is 2.38. The fourth-order valence-electron chi connectivity index (χ4n) is 6.60. The number of carboxylic acids is 1. The van der Waals surface area contributed by atoms with E-state index < -0.39 is 41.4 Å². The van der Waals surface area contributed by atoms with E-state index in [1.54, 1.807) is 49.9 Å². The fourth-order valence-corrected chi connectivity index (χ4v) is 7.23. The van der Waals surface area contributed by atoms with Crippen LogP contribution in [0, 0.1) is 5.82 Å². The lowest BCUT2D eigenvalue weighted by Crippen LogP contribution is -2.59. The topological polar surface area (TPSA) is 138 Å². The Morgan fingerprint density at radius 2 is 1.64 bits per heavy atom. The van der Waals surface area contributed by atoms with Gasteiger partial charge in [-0.2, -0.15) is 0 Å². The van der Waals surface area contributed by atoms with E-state index >= 15 is 4.39 Å². The van der Waals surface area contributed by atoms with Gasteiger partial charge in [-0.05, 0) is 45.0 Å². The maximum atomic E-state index is 15.8. The number of carboxylic acid groups (broad SMARTS) is 1. The van der Waals surface area contributed by atoms with E-state index in [1.165, 1.54) is 35.1 Å². The van der Waals surface area contributed by atoms with Crippen LogP contribution in [0.15, 0.2) is 42.5 Å². The summed E-state index contributed by atoms with van der Waals surface area (Å²) < 4.78 is 37.7. The van der Waals surface area contributed by atoms with Crippen LogP contribution in [0.5, 0.6) is 5.75 Å². The summed E-state index contributed by atoms with van der Waals surface area (Å²) >= 11 is 13.4. The van der Waals surface area contributed by atoms with Crippen LogP contribution >= 0.6 is 23.2 Å². The summed E-state index contributed by atoms with van der Waals surface area (Å²) in [6, 6.07) is 9.86. The molecule has 1 N–H and O–H groups in total. The van der Waals surface area contributed by atoms with Crippen LogP contribution in [0.25, 0.3) is 11.1 Å². The first kappa shape index (κ1) is 38.0. The predicted octanol–water partition coefficient (Wildman–Crippen LogP) is 5.93. The van der Waals surface area contributed by atoms with E-state index in [0.717, 1.165) is 0 Å². The van der Waals surface area contributed by atoms with Crippen molar-refractivity contribution in [3.63, 3.8) is 0 Å². The average Bonchev–Trinajstić information content (AvgIpc) is 3.13. The molecule has 2 amide bonds. The maximum absolute atomic E-state index is 15.8. The average molecular weight is 774 g/mol. The van der Waals surface area contributed by atoms with Crippen LogP contribution < -0.4 is 14.5 Å². The quantitative estimate of drug-likeness (QED) is 0.299. The molecule has 0 unspecified atom stereocenters. The number of morpholine rings is 1. The van der Waals surface area contributed by atoms with Crippen LogP contribution in [0.4, 0.5) is 20.6 Å². The third-order valence-electron chi connectivity index (χ3n) is 9.14. The van der Waals surface area contributed by atoms with Crippen molar-refractivity contribution in [1.29, 1.82) is 0 Å². The molecule has 53 heavy (non-hydrogen) atoms. The van der Waals surface area contributed by atoms with E-state index in [1.807, 2.05) is 4.90 Å². The Morgan fingerprint density at radius 1 is 0.943 bits per heavy atom. The molecule has 13 nitrogen and oxygen atoms in total. The number of carbonyl (C=O) groups is 4. The van der Waals surface area contributed by atoms with Crippen LogP contribution in [0.1, 0.15) is 47.1 Å². The number of fused-ring (bicyclic) bond motifs is 1. The van der Waals surface area contributed by atoms with Crippen LogP contribution in [0.2, 0.25) is 10.0 Å². The predicted molar refractivity (Wildman–Crippen MR) is 195 cm³/mol. The van der Waals surface area contributed by atoms with Gasteiger partial charge in [-0.15, -0.1) is 0 Å². The standard InChI is InChI=1S/C37H39Cl2FN4O9/c1-37(2,3)53-36(49)44-9-8-42(19-30(44)34(46)47)22-14-26(38)31(27(39)15-22)33(45)43-18-21-6-5-7-23(32(21)52-20-43)24-17-29(41-10-12-51-13-11-41)25(16-28(24)40)35(48)50-4/h5-7,14-17,30H,8-13,18-20H2,1-4H3,(H,46,47)/t30-/m1/s1. The number of ether oxygens (including phenoxy) is 4. The van der Waals surface area contributed by atoms with E-state index in [0.29, 0.717) is 54.6 Å². The zero-order valence-corrected chi connectivity index (χ0v) is 31.1. The second kappa shape index (κ2) is 15.3. The van der Waals surface area contributed by atoms with Crippen molar-refractivity contribution >= 4 is 58.5 Å². The van der Waals surface area contributed by atoms with Gasteiger partial charge in [0.15, 0.2) is 6.73 Å². The molecule has 0 saturated carbocycles. The van der Waals surface area contributed by atoms with Crippen LogP contribution in [-0.2, 0) is 25.5 Å². The lowest BCUT2D eigenvalue weighted by Gasteiger charge is -2.40. The highest BCUT2D eigenvalue weighted by Crippen LogP contribution is 2.41. The van der Waals surface area contributed by atoms with Crippen LogP contribution in [-0.4, -0.2) is 110 Å². The molecule has 0 bridgehead atoms. The number of esters is 1. The molecule has 0 radical (unpaired) electrons. The summed E-state index contributed by atoms with van der Waals surface area (Å²) in [4.78, 5) is 57.7. The van der Waals surface area contributed by atoms with Crippen LogP contribution in [0.3, 0.4) is 0 Å². The van der Waals surface area contributed by atoms with Gasteiger partial charge in [0.05, 0.1) is 53.7 Å². The molecule has 2 saturated heterocycles. The molecule has 16 heteroatoms. The lowest BCUT2D eigenvalue weighted by atomic mass is 9.97. The SMILES string of the molecule is COC(=O)c1cc(F)c(-c2cccc3c2OCN(C(=O)c2c(Cl)cc(N4CCN(C(=O)OC(C)(C)C)[C@@H](C(=O)O)C4)cc2Cl)C3)cc1N1CCOCC1. The first-order valence-corrected chi connectivity index (χ1v) is 17.7. The minimum atomic E-state index is -1.20. The van der Waals surface area contributed by atoms with Crippen molar-refractivity contribution in [3.05, 3.63) is 75.0 Å². The number of benzene rings is 3. The Hall–Kier alpha value is -4.79. The van der Waals surface area contributed by atoms with Crippen molar-refractivity contribution in [3.8, 4) is 16.9 Å². The zero-order chi connectivity index (χ0) is 38.2. The summed E-state index contributed by atoms with van der Waals surface area (Å²) in [7, 11) is 1.24. The zero-order valence-electron chi connectivity index (χ0n) is 29.6. The molecule has 3 aromatic rings. The number of nitrogens with zero attached hydrogens (tertiary/aromatic N) is 4. The lowest BCUT2D eigenvalue weighted by molar-refractivity contribution is -0.143. The molecule has 0 spiro atoms. The number of amides is 2. The molecule has 6 rings (SSSR count). The van der Waals surface area contributed by atoms with E-state index in [4.69, 9.17) is 42.1 Å². The number of hydrogen-bond donors (Lipinski definition) is 1. The summed E-state index contributed by atoms with van der Waals surface area (Å²) in [6.07, 6.45) is -0.724. The second-order valence-electron chi connectivity index (χ2n) is 13.8. The highest BCUT2D eigenvalue weighted by molar-refractivity contribution is 6.40. The van der Waals surface area contributed by atoms with E-state index in [2.05, 4.69) is 0 Å². The molecule has 0 aliphatic carbocycles. The highest BCUT2D eigenvalue weighted by atomic mass is 35.5. The minimum Gasteiger partial charge on any atom is -0.480 e. The fraction of sp³-hybridized carbons (Fsp3) is 0.405. The molecule has 3 heterocycles.